The molecule has 29 heavy (non-hydrogen) atoms. The quantitative estimate of drug-likeness (QED) is 0.309. The normalized spacial score (nSPS) is 14.9. The fourth-order valence-electron chi connectivity index (χ4n) is 3.30. The van der Waals surface area contributed by atoms with Gasteiger partial charge in [-0.3, -0.25) is 19.5 Å². The molecular weight excluding hydrogens is 368 g/mol. The molecule has 2 amide bonds. The van der Waals surface area contributed by atoms with Gasteiger partial charge in [0.1, 0.15) is 11.5 Å². The van der Waals surface area contributed by atoms with Gasteiger partial charge in [-0.05, 0) is 57.9 Å². The van der Waals surface area contributed by atoms with Crippen LogP contribution in [-0.4, -0.2) is 42.3 Å². The van der Waals surface area contributed by atoms with Crippen molar-refractivity contribution in [2.75, 3.05) is 19.6 Å². The van der Waals surface area contributed by atoms with Gasteiger partial charge in [0.05, 0.1) is 17.2 Å². The highest BCUT2D eigenvalue weighted by molar-refractivity contribution is 6.21. The van der Waals surface area contributed by atoms with Crippen LogP contribution in [0.3, 0.4) is 0 Å². The zero-order valence-electron chi connectivity index (χ0n) is 17.2. The second-order valence-electron chi connectivity index (χ2n) is 7.09. The molecule has 2 heterocycles. The Hall–Kier alpha value is -3.09. The van der Waals surface area contributed by atoms with E-state index in [1.165, 1.54) is 4.90 Å². The van der Waals surface area contributed by atoms with Crippen molar-refractivity contribution in [3.8, 4) is 0 Å². The van der Waals surface area contributed by atoms with Crippen LogP contribution in [0.4, 0.5) is 0 Å². The van der Waals surface area contributed by atoms with E-state index in [1.54, 1.807) is 24.3 Å². The minimum atomic E-state index is -0.202. The van der Waals surface area contributed by atoms with E-state index >= 15 is 0 Å². The number of nitrogens with one attached hydrogen (secondary N) is 2. The number of imide groups is 1. The van der Waals surface area contributed by atoms with E-state index in [-0.39, 0.29) is 17.9 Å². The van der Waals surface area contributed by atoms with Crippen molar-refractivity contribution in [2.45, 2.75) is 39.7 Å². The van der Waals surface area contributed by atoms with E-state index in [0.717, 1.165) is 30.4 Å². The second kappa shape index (κ2) is 9.41. The maximum atomic E-state index is 12.4. The van der Waals surface area contributed by atoms with Crippen molar-refractivity contribution in [2.24, 2.45) is 4.99 Å². The molecule has 0 bridgehead atoms. The first-order valence-electron chi connectivity index (χ1n) is 10.1. The molecule has 2 aromatic rings. The Morgan fingerprint density at radius 2 is 1.79 bits per heavy atom. The van der Waals surface area contributed by atoms with Crippen molar-refractivity contribution in [3.63, 3.8) is 0 Å². The molecular formula is C22H28N4O3. The van der Waals surface area contributed by atoms with Gasteiger partial charge in [-0.1, -0.05) is 12.1 Å². The van der Waals surface area contributed by atoms with Gasteiger partial charge in [0.25, 0.3) is 11.8 Å². The van der Waals surface area contributed by atoms with E-state index in [2.05, 4.69) is 15.6 Å². The second-order valence-corrected chi connectivity index (χ2v) is 7.09. The number of nitrogens with zero attached hydrogens (tertiary/aromatic N) is 2. The fraction of sp³-hybridized carbons (Fsp3) is 0.409. The number of carbonyl (C=O) groups excluding carboxylic acids is 2. The van der Waals surface area contributed by atoms with Crippen LogP contribution in [0.5, 0.6) is 0 Å². The molecule has 0 saturated carbocycles. The third kappa shape index (κ3) is 4.85. The number of aryl methyl sites for hydroxylation is 1. The van der Waals surface area contributed by atoms with Crippen molar-refractivity contribution in [1.29, 1.82) is 0 Å². The topological polar surface area (TPSA) is 86.9 Å². The van der Waals surface area contributed by atoms with E-state index in [0.29, 0.717) is 30.6 Å². The molecule has 0 spiro atoms. The summed E-state index contributed by atoms with van der Waals surface area (Å²) < 4.78 is 5.66. The maximum Gasteiger partial charge on any atom is 0.261 e. The van der Waals surface area contributed by atoms with Crippen LogP contribution in [0.2, 0.25) is 0 Å². The van der Waals surface area contributed by atoms with E-state index < -0.39 is 0 Å². The number of carbonyl (C=O) groups is 2. The number of benzene rings is 1. The Morgan fingerprint density at radius 1 is 1.10 bits per heavy atom. The smallest absolute Gasteiger partial charge is 0.261 e. The van der Waals surface area contributed by atoms with Gasteiger partial charge in [0.15, 0.2) is 5.96 Å². The predicted molar refractivity (Wildman–Crippen MR) is 112 cm³/mol. The molecule has 3 rings (SSSR count). The van der Waals surface area contributed by atoms with Gasteiger partial charge >= 0.3 is 0 Å². The average Bonchev–Trinajstić information content (AvgIpc) is 3.25. The predicted octanol–water partition coefficient (Wildman–Crippen LogP) is 3.28. The highest BCUT2D eigenvalue weighted by Crippen LogP contribution is 2.22. The first kappa shape index (κ1) is 20.6. The van der Waals surface area contributed by atoms with Gasteiger partial charge < -0.3 is 15.1 Å². The number of furan rings is 1. The van der Waals surface area contributed by atoms with Crippen molar-refractivity contribution < 1.29 is 14.0 Å². The van der Waals surface area contributed by atoms with Gasteiger partial charge in [-0.2, -0.15) is 0 Å². The number of amides is 2. The summed E-state index contributed by atoms with van der Waals surface area (Å²) in [7, 11) is 0. The van der Waals surface area contributed by atoms with Crippen LogP contribution in [0, 0.1) is 6.92 Å². The number of rotatable bonds is 8. The van der Waals surface area contributed by atoms with Gasteiger partial charge in [-0.25, -0.2) is 0 Å². The zero-order valence-corrected chi connectivity index (χ0v) is 17.2. The minimum Gasteiger partial charge on any atom is -0.464 e. The molecule has 1 aromatic carbocycles. The summed E-state index contributed by atoms with van der Waals surface area (Å²) in [6.45, 7) is 7.72. The molecule has 7 heteroatoms. The Labute approximate surface area is 171 Å². The molecule has 1 aliphatic rings. The van der Waals surface area contributed by atoms with E-state index in [9.17, 15) is 9.59 Å². The molecule has 154 valence electrons. The Kier molecular flexibility index (Phi) is 6.69. The number of hydrogen-bond donors (Lipinski definition) is 2. The Balaban J connectivity index is 1.48. The molecule has 1 atom stereocenters. The first-order valence-corrected chi connectivity index (χ1v) is 10.1. The van der Waals surface area contributed by atoms with Crippen molar-refractivity contribution in [3.05, 3.63) is 59.0 Å². The lowest BCUT2D eigenvalue weighted by Crippen LogP contribution is -2.38. The number of guanidine groups is 1. The van der Waals surface area contributed by atoms with Gasteiger partial charge in [0.2, 0.25) is 0 Å². The largest absolute Gasteiger partial charge is 0.464 e. The van der Waals surface area contributed by atoms with Crippen LogP contribution in [0.1, 0.15) is 65.0 Å². The summed E-state index contributed by atoms with van der Waals surface area (Å²) in [4.78, 5) is 30.7. The molecule has 7 nitrogen and oxygen atoms in total. The van der Waals surface area contributed by atoms with Crippen LogP contribution < -0.4 is 10.6 Å². The van der Waals surface area contributed by atoms with E-state index in [1.807, 2.05) is 32.9 Å². The molecule has 0 saturated heterocycles. The molecule has 2 N–H and O–H groups in total. The molecule has 0 fully saturated rings. The Bertz CT molecular complexity index is 868. The molecule has 1 aromatic heterocycles. The third-order valence-electron chi connectivity index (χ3n) is 4.82. The summed E-state index contributed by atoms with van der Waals surface area (Å²) in [6.07, 6.45) is 1.49. The number of aliphatic imine (C=N–C) groups is 1. The highest BCUT2D eigenvalue weighted by atomic mass is 16.3. The average molecular weight is 396 g/mol. The molecule has 1 aliphatic heterocycles. The Morgan fingerprint density at radius 3 is 2.38 bits per heavy atom. The fourth-order valence-corrected chi connectivity index (χ4v) is 3.30. The van der Waals surface area contributed by atoms with Crippen LogP contribution >= 0.6 is 0 Å². The number of hydrogen-bond acceptors (Lipinski definition) is 4. The highest BCUT2D eigenvalue weighted by Gasteiger charge is 2.34. The van der Waals surface area contributed by atoms with Crippen LogP contribution in [0.25, 0.3) is 0 Å². The monoisotopic (exact) mass is 396 g/mol. The molecule has 0 aliphatic carbocycles. The minimum absolute atomic E-state index is 0.000142. The third-order valence-corrected chi connectivity index (χ3v) is 4.82. The lowest BCUT2D eigenvalue weighted by molar-refractivity contribution is 0.0652. The SMILES string of the molecule is CCNC(=NCCCCN1C(=O)c2ccccc2C1=O)NC(C)c1ccc(C)o1. The molecule has 0 radical (unpaired) electrons. The van der Waals surface area contributed by atoms with Crippen LogP contribution in [0.15, 0.2) is 45.8 Å². The van der Waals surface area contributed by atoms with Crippen LogP contribution in [-0.2, 0) is 0 Å². The lowest BCUT2D eigenvalue weighted by atomic mass is 10.1. The maximum absolute atomic E-state index is 12.4. The first-order chi connectivity index (χ1) is 14.0. The van der Waals surface area contributed by atoms with Gasteiger partial charge in [-0.15, -0.1) is 0 Å². The summed E-state index contributed by atoms with van der Waals surface area (Å²) in [5, 5.41) is 6.56. The van der Waals surface area contributed by atoms with E-state index in [4.69, 9.17) is 4.42 Å². The summed E-state index contributed by atoms with van der Waals surface area (Å²) in [6, 6.07) is 10.9. The number of unbranched alkanes of at least 4 members (excludes halogenated alkanes) is 1. The van der Waals surface area contributed by atoms with Gasteiger partial charge in [0, 0.05) is 19.6 Å². The van der Waals surface area contributed by atoms with Crippen molar-refractivity contribution in [1.82, 2.24) is 15.5 Å². The zero-order chi connectivity index (χ0) is 20.8. The lowest BCUT2D eigenvalue weighted by Gasteiger charge is -2.16. The van der Waals surface area contributed by atoms with Crippen molar-refractivity contribution >= 4 is 17.8 Å². The summed E-state index contributed by atoms with van der Waals surface area (Å²) in [5.74, 6) is 2.05. The molecule has 1 unspecified atom stereocenters. The summed E-state index contributed by atoms with van der Waals surface area (Å²) >= 11 is 0. The standard InChI is InChI=1S/C22H28N4O3/c1-4-23-22(25-16(3)19-12-11-15(2)29-19)24-13-7-8-14-26-20(27)17-9-5-6-10-18(17)21(26)28/h5-6,9-12,16H,4,7-8,13-14H2,1-3H3,(H2,23,24,25). The summed E-state index contributed by atoms with van der Waals surface area (Å²) in [5.41, 5.74) is 0.993. The number of fused-ring (bicyclic) bond motifs is 1.